The highest BCUT2D eigenvalue weighted by atomic mass is 32.1. The number of hydrogen-bond donors (Lipinski definition) is 2. The van der Waals surface area contributed by atoms with Crippen molar-refractivity contribution in [1.29, 1.82) is 0 Å². The lowest BCUT2D eigenvalue weighted by molar-refractivity contribution is -0.138. The summed E-state index contributed by atoms with van der Waals surface area (Å²) < 4.78 is 1.04. The molecule has 3 rings (SSSR count). The van der Waals surface area contributed by atoms with Crippen molar-refractivity contribution in [3.05, 3.63) is 23.8 Å². The number of anilines is 1. The van der Waals surface area contributed by atoms with Gasteiger partial charge in [0, 0.05) is 6.54 Å². The second-order valence-corrected chi connectivity index (χ2v) is 7.97. The summed E-state index contributed by atoms with van der Waals surface area (Å²) in [6, 6.07) is 4.96. The van der Waals surface area contributed by atoms with Crippen LogP contribution in [-0.4, -0.2) is 40.3 Å². The number of carbonyl (C=O) groups excluding carboxylic acids is 2. The van der Waals surface area contributed by atoms with Crippen LogP contribution in [0.4, 0.5) is 5.13 Å². The van der Waals surface area contributed by atoms with E-state index in [0.717, 1.165) is 22.2 Å². The Labute approximate surface area is 151 Å². The molecule has 0 unspecified atom stereocenters. The van der Waals surface area contributed by atoms with Gasteiger partial charge in [-0.05, 0) is 43.4 Å². The summed E-state index contributed by atoms with van der Waals surface area (Å²) in [4.78, 5) is 31.3. The number of nitrogens with one attached hydrogen (secondary N) is 1. The molecule has 6 nitrogen and oxygen atoms in total. The topological polar surface area (TPSA) is 88.3 Å². The van der Waals surface area contributed by atoms with Crippen molar-refractivity contribution in [3.8, 4) is 0 Å². The SMILES string of the molecule is Cc1ccc2nc(NC(=O)[C@H]3CCCN3C(=O)[C@@H](N)C(C)C)sc2c1. The number of benzene rings is 1. The standard InChI is InChI=1S/C18H24N4O2S/c1-10(2)15(19)17(24)22-8-4-5-13(22)16(23)21-18-20-12-7-6-11(3)9-14(12)25-18/h6-7,9-10,13,15H,4-5,8,19H2,1-3H3,(H,20,21,23)/t13-,15+/m1/s1. The lowest BCUT2D eigenvalue weighted by Gasteiger charge is -2.27. The molecular weight excluding hydrogens is 336 g/mol. The highest BCUT2D eigenvalue weighted by molar-refractivity contribution is 7.22. The second-order valence-electron chi connectivity index (χ2n) is 6.94. The zero-order chi connectivity index (χ0) is 18.1. The fraction of sp³-hybridized carbons (Fsp3) is 0.500. The molecule has 1 saturated heterocycles. The van der Waals surface area contributed by atoms with Crippen LogP contribution in [0, 0.1) is 12.8 Å². The van der Waals surface area contributed by atoms with Gasteiger partial charge in [-0.15, -0.1) is 0 Å². The van der Waals surface area contributed by atoms with Crippen molar-refractivity contribution in [2.75, 3.05) is 11.9 Å². The van der Waals surface area contributed by atoms with Crippen LogP contribution in [0.5, 0.6) is 0 Å². The van der Waals surface area contributed by atoms with E-state index in [1.807, 2.05) is 32.9 Å². The monoisotopic (exact) mass is 360 g/mol. The largest absolute Gasteiger partial charge is 0.329 e. The molecule has 1 aliphatic rings. The zero-order valence-electron chi connectivity index (χ0n) is 14.8. The van der Waals surface area contributed by atoms with Crippen LogP contribution in [0.1, 0.15) is 32.3 Å². The smallest absolute Gasteiger partial charge is 0.248 e. The van der Waals surface area contributed by atoms with Crippen LogP contribution in [0.3, 0.4) is 0 Å². The highest BCUT2D eigenvalue weighted by Crippen LogP contribution is 2.28. The van der Waals surface area contributed by atoms with E-state index in [1.54, 1.807) is 4.90 Å². The third kappa shape index (κ3) is 3.67. The first-order chi connectivity index (χ1) is 11.9. The molecular formula is C18H24N4O2S. The maximum absolute atomic E-state index is 12.7. The van der Waals surface area contributed by atoms with Crippen LogP contribution in [-0.2, 0) is 9.59 Å². The summed E-state index contributed by atoms with van der Waals surface area (Å²) in [5.41, 5.74) is 8.01. The average Bonchev–Trinajstić information content (AvgIpc) is 3.19. The molecule has 0 spiro atoms. The Morgan fingerprint density at radius 3 is 2.88 bits per heavy atom. The van der Waals surface area contributed by atoms with Gasteiger partial charge < -0.3 is 16.0 Å². The molecule has 0 radical (unpaired) electrons. The predicted molar refractivity (Wildman–Crippen MR) is 101 cm³/mol. The van der Waals surface area contributed by atoms with Crippen molar-refractivity contribution in [2.45, 2.75) is 45.7 Å². The summed E-state index contributed by atoms with van der Waals surface area (Å²) in [7, 11) is 0. The number of rotatable bonds is 4. The first-order valence-corrected chi connectivity index (χ1v) is 9.42. The van der Waals surface area contributed by atoms with Gasteiger partial charge >= 0.3 is 0 Å². The number of carbonyl (C=O) groups is 2. The molecule has 2 aromatic rings. The summed E-state index contributed by atoms with van der Waals surface area (Å²) in [6.07, 6.45) is 1.47. The van der Waals surface area contributed by atoms with Crippen molar-refractivity contribution in [1.82, 2.24) is 9.88 Å². The van der Waals surface area contributed by atoms with E-state index in [9.17, 15) is 9.59 Å². The van der Waals surface area contributed by atoms with Crippen molar-refractivity contribution in [2.24, 2.45) is 11.7 Å². The zero-order valence-corrected chi connectivity index (χ0v) is 15.6. The minimum absolute atomic E-state index is 0.0457. The molecule has 3 N–H and O–H groups in total. The minimum atomic E-state index is -0.571. The number of amides is 2. The molecule has 1 fully saturated rings. The van der Waals surface area contributed by atoms with Crippen molar-refractivity contribution in [3.63, 3.8) is 0 Å². The van der Waals surface area contributed by atoms with Crippen molar-refractivity contribution < 1.29 is 9.59 Å². The Kier molecular flexibility index (Phi) is 5.06. The summed E-state index contributed by atoms with van der Waals surface area (Å²) >= 11 is 1.45. The number of aryl methyl sites for hydroxylation is 1. The van der Waals surface area contributed by atoms with Crippen LogP contribution in [0.25, 0.3) is 10.2 Å². The normalized spacial score (nSPS) is 18.8. The first-order valence-electron chi connectivity index (χ1n) is 8.61. The molecule has 7 heteroatoms. The molecule has 134 valence electrons. The number of aromatic nitrogens is 1. The predicted octanol–water partition coefficient (Wildman–Crippen LogP) is 2.52. The molecule has 1 aromatic heterocycles. The van der Waals surface area contributed by atoms with Gasteiger partial charge in [0.05, 0.1) is 16.3 Å². The van der Waals surface area contributed by atoms with Crippen LogP contribution in [0.15, 0.2) is 18.2 Å². The Balaban J connectivity index is 1.73. The van der Waals surface area contributed by atoms with Gasteiger partial charge in [-0.25, -0.2) is 4.98 Å². The molecule has 2 heterocycles. The maximum atomic E-state index is 12.7. The number of fused-ring (bicyclic) bond motifs is 1. The van der Waals surface area contributed by atoms with Crippen LogP contribution >= 0.6 is 11.3 Å². The van der Waals surface area contributed by atoms with E-state index in [2.05, 4.69) is 16.4 Å². The van der Waals surface area contributed by atoms with Gasteiger partial charge in [-0.1, -0.05) is 31.3 Å². The molecule has 2 atom stereocenters. The molecule has 0 bridgehead atoms. The fourth-order valence-electron chi connectivity index (χ4n) is 3.05. The first kappa shape index (κ1) is 17.8. The van der Waals surface area contributed by atoms with E-state index in [0.29, 0.717) is 18.1 Å². The third-order valence-corrected chi connectivity index (χ3v) is 5.55. The molecule has 1 aromatic carbocycles. The molecule has 0 aliphatic carbocycles. The molecule has 2 amide bonds. The Bertz CT molecular complexity index is 801. The van der Waals surface area contributed by atoms with E-state index in [4.69, 9.17) is 5.73 Å². The van der Waals surface area contributed by atoms with Gasteiger partial charge in [-0.3, -0.25) is 9.59 Å². The lowest BCUT2D eigenvalue weighted by Crippen LogP contribution is -2.51. The lowest BCUT2D eigenvalue weighted by atomic mass is 10.0. The number of thiazole rings is 1. The van der Waals surface area contributed by atoms with Gasteiger partial charge in [0.15, 0.2) is 5.13 Å². The Hall–Kier alpha value is -1.99. The van der Waals surface area contributed by atoms with Crippen LogP contribution < -0.4 is 11.1 Å². The van der Waals surface area contributed by atoms with E-state index < -0.39 is 12.1 Å². The van der Waals surface area contributed by atoms with Gasteiger partial charge in [0.2, 0.25) is 11.8 Å². The number of hydrogen-bond acceptors (Lipinski definition) is 5. The van der Waals surface area contributed by atoms with E-state index in [1.165, 1.54) is 11.3 Å². The Morgan fingerprint density at radius 2 is 2.16 bits per heavy atom. The number of nitrogens with zero attached hydrogens (tertiary/aromatic N) is 2. The quantitative estimate of drug-likeness (QED) is 0.877. The second kappa shape index (κ2) is 7.09. The third-order valence-electron chi connectivity index (χ3n) is 4.62. The fourth-order valence-corrected chi connectivity index (χ4v) is 4.02. The molecule has 0 saturated carbocycles. The minimum Gasteiger partial charge on any atom is -0.329 e. The molecule has 1 aliphatic heterocycles. The summed E-state index contributed by atoms with van der Waals surface area (Å²) in [5, 5.41) is 3.45. The Morgan fingerprint density at radius 1 is 1.40 bits per heavy atom. The average molecular weight is 360 g/mol. The van der Waals surface area contributed by atoms with Gasteiger partial charge in [0.25, 0.3) is 0 Å². The number of likely N-dealkylation sites (tertiary alicyclic amines) is 1. The van der Waals surface area contributed by atoms with Crippen molar-refractivity contribution >= 4 is 38.5 Å². The van der Waals surface area contributed by atoms with Gasteiger partial charge in [-0.2, -0.15) is 0 Å². The maximum Gasteiger partial charge on any atom is 0.248 e. The van der Waals surface area contributed by atoms with E-state index >= 15 is 0 Å². The molecule has 25 heavy (non-hydrogen) atoms. The van der Waals surface area contributed by atoms with E-state index in [-0.39, 0.29) is 17.7 Å². The summed E-state index contributed by atoms with van der Waals surface area (Å²) in [5.74, 6) is -0.283. The van der Waals surface area contributed by atoms with Gasteiger partial charge in [0.1, 0.15) is 6.04 Å². The number of nitrogens with two attached hydrogens (primary N) is 1. The highest BCUT2D eigenvalue weighted by Gasteiger charge is 2.37. The van der Waals surface area contributed by atoms with Crippen LogP contribution in [0.2, 0.25) is 0 Å². The summed E-state index contributed by atoms with van der Waals surface area (Å²) in [6.45, 7) is 6.43.